The van der Waals surface area contributed by atoms with Gasteiger partial charge >= 0.3 is 0 Å². The van der Waals surface area contributed by atoms with Gasteiger partial charge in [0.1, 0.15) is 17.2 Å². The number of hydrogen-bond donors (Lipinski definition) is 6. The minimum absolute atomic E-state index is 0.276. The minimum Gasteiger partial charge on any atom is -0.496 e. The van der Waals surface area contributed by atoms with Crippen LogP contribution in [0.2, 0.25) is 0 Å². The summed E-state index contributed by atoms with van der Waals surface area (Å²) >= 11 is 0. The van der Waals surface area contributed by atoms with Crippen molar-refractivity contribution < 1.29 is 28.6 Å². The molecule has 0 atom stereocenters. The summed E-state index contributed by atoms with van der Waals surface area (Å²) in [4.78, 5) is 39.9. The highest BCUT2D eigenvalue weighted by molar-refractivity contribution is 5.99. The van der Waals surface area contributed by atoms with Crippen LogP contribution in [0.1, 0.15) is 50.3 Å². The molecule has 0 saturated heterocycles. The molecule has 0 unspecified atom stereocenters. The molecule has 4 rings (SSSR count). The summed E-state index contributed by atoms with van der Waals surface area (Å²) in [5, 5.41) is 9.06. The zero-order valence-corrected chi connectivity index (χ0v) is 23.7. The maximum atomic E-state index is 13.3. The Balaban J connectivity index is 1.58. The van der Waals surface area contributed by atoms with Gasteiger partial charge in [0.15, 0.2) is 0 Å². The van der Waals surface area contributed by atoms with Gasteiger partial charge in [-0.1, -0.05) is 0 Å². The normalized spacial score (nSPS) is 17.9. The third-order valence-corrected chi connectivity index (χ3v) is 7.12. The van der Waals surface area contributed by atoms with Gasteiger partial charge in [0.25, 0.3) is 17.7 Å². The Kier molecular flexibility index (Phi) is 9.25. The molecule has 0 heterocycles. The first-order chi connectivity index (χ1) is 20.1. The Labute approximate surface area is 243 Å². The molecule has 222 valence electrons. The van der Waals surface area contributed by atoms with E-state index < -0.39 is 35.8 Å². The van der Waals surface area contributed by atoms with E-state index in [0.717, 1.165) is 0 Å². The molecule has 0 aromatic heterocycles. The SMILES string of the molecule is COc1ccc(N)cc1C(=O)NC1CC(NC(=O)c2cc(N)ccc2OC)CC(NC(=O)c2cc(N)ccc2OC)C1. The highest BCUT2D eigenvalue weighted by atomic mass is 16.5. The smallest absolute Gasteiger partial charge is 0.255 e. The molecular weight excluding hydrogens is 540 g/mol. The van der Waals surface area contributed by atoms with Crippen LogP contribution < -0.4 is 47.4 Å². The van der Waals surface area contributed by atoms with E-state index in [0.29, 0.717) is 53.6 Å². The lowest BCUT2D eigenvalue weighted by Gasteiger charge is -2.36. The number of methoxy groups -OCH3 is 3. The molecule has 0 spiro atoms. The van der Waals surface area contributed by atoms with Gasteiger partial charge in [0.05, 0.1) is 38.0 Å². The Bertz CT molecular complexity index is 1300. The van der Waals surface area contributed by atoms with E-state index in [1.54, 1.807) is 36.4 Å². The molecule has 1 saturated carbocycles. The van der Waals surface area contributed by atoms with Crippen molar-refractivity contribution in [3.8, 4) is 17.2 Å². The molecule has 0 bridgehead atoms. The number of anilines is 3. The number of amides is 3. The molecule has 1 aliphatic carbocycles. The molecule has 12 nitrogen and oxygen atoms in total. The fraction of sp³-hybridized carbons (Fsp3) is 0.300. The van der Waals surface area contributed by atoms with Crippen LogP contribution in [0.3, 0.4) is 0 Å². The molecular formula is C30H36N6O6. The predicted molar refractivity (Wildman–Crippen MR) is 160 cm³/mol. The predicted octanol–water partition coefficient (Wildman–Crippen LogP) is 2.34. The maximum Gasteiger partial charge on any atom is 0.255 e. The van der Waals surface area contributed by atoms with Gasteiger partial charge in [-0.2, -0.15) is 0 Å². The summed E-state index contributed by atoms with van der Waals surface area (Å²) in [6.45, 7) is 0. The molecule has 9 N–H and O–H groups in total. The maximum absolute atomic E-state index is 13.3. The fourth-order valence-electron chi connectivity index (χ4n) is 5.17. The van der Waals surface area contributed by atoms with Crippen LogP contribution in [-0.2, 0) is 0 Å². The monoisotopic (exact) mass is 576 g/mol. The Morgan fingerprint density at radius 1 is 0.548 bits per heavy atom. The average molecular weight is 577 g/mol. The molecule has 0 aliphatic heterocycles. The van der Waals surface area contributed by atoms with E-state index in [4.69, 9.17) is 31.4 Å². The number of nitrogen functional groups attached to an aromatic ring is 3. The van der Waals surface area contributed by atoms with Crippen molar-refractivity contribution in [2.45, 2.75) is 37.4 Å². The van der Waals surface area contributed by atoms with Crippen molar-refractivity contribution in [2.24, 2.45) is 0 Å². The quantitative estimate of drug-likeness (QED) is 0.207. The van der Waals surface area contributed by atoms with E-state index in [9.17, 15) is 14.4 Å². The Morgan fingerprint density at radius 2 is 0.810 bits per heavy atom. The third-order valence-electron chi connectivity index (χ3n) is 7.12. The number of nitrogens with two attached hydrogens (primary N) is 3. The standard InChI is InChI=1S/C30H36N6O6/c1-40-25-7-4-16(31)10-22(25)28(37)34-19-13-20(35-29(38)23-11-17(32)5-8-26(23)41-2)15-21(14-19)36-30(39)24-12-18(33)6-9-27(24)42-3/h4-12,19-21H,13-15,31-33H2,1-3H3,(H,34,37)(H,35,38)(H,36,39). The third kappa shape index (κ3) is 6.95. The second-order valence-electron chi connectivity index (χ2n) is 10.1. The van der Waals surface area contributed by atoms with Crippen molar-refractivity contribution >= 4 is 34.8 Å². The number of hydrogen-bond acceptors (Lipinski definition) is 9. The van der Waals surface area contributed by atoms with Gasteiger partial charge in [0, 0.05) is 35.2 Å². The first-order valence-corrected chi connectivity index (χ1v) is 13.3. The number of rotatable bonds is 9. The number of nitrogens with one attached hydrogen (secondary N) is 3. The number of ether oxygens (including phenoxy) is 3. The number of carbonyl (C=O) groups is 3. The van der Waals surface area contributed by atoms with E-state index in [1.807, 2.05) is 0 Å². The first-order valence-electron chi connectivity index (χ1n) is 13.3. The van der Waals surface area contributed by atoms with Crippen molar-refractivity contribution in [3.63, 3.8) is 0 Å². The lowest BCUT2D eigenvalue weighted by molar-refractivity contribution is 0.0868. The highest BCUT2D eigenvalue weighted by Gasteiger charge is 2.33. The summed E-state index contributed by atoms with van der Waals surface area (Å²) in [5.41, 5.74) is 19.8. The second-order valence-corrected chi connectivity index (χ2v) is 10.1. The van der Waals surface area contributed by atoms with Gasteiger partial charge in [-0.05, 0) is 73.9 Å². The molecule has 3 aromatic carbocycles. The highest BCUT2D eigenvalue weighted by Crippen LogP contribution is 2.27. The van der Waals surface area contributed by atoms with Crippen LogP contribution in [0, 0.1) is 0 Å². The first kappa shape index (κ1) is 29.8. The summed E-state index contributed by atoms with van der Waals surface area (Å²) in [6, 6.07) is 13.1. The zero-order valence-electron chi connectivity index (χ0n) is 23.7. The van der Waals surface area contributed by atoms with Gasteiger partial charge in [-0.25, -0.2) is 0 Å². The average Bonchev–Trinajstić information content (AvgIpc) is 2.96. The lowest BCUT2D eigenvalue weighted by Crippen LogP contribution is -2.53. The van der Waals surface area contributed by atoms with Crippen LogP contribution in [0.15, 0.2) is 54.6 Å². The topological polar surface area (TPSA) is 193 Å². The molecule has 42 heavy (non-hydrogen) atoms. The molecule has 3 aromatic rings. The van der Waals surface area contributed by atoms with E-state index in [1.165, 1.54) is 39.5 Å². The summed E-state index contributed by atoms with van der Waals surface area (Å²) in [5.74, 6) is -0.0668. The van der Waals surface area contributed by atoms with E-state index in [-0.39, 0.29) is 16.7 Å². The van der Waals surface area contributed by atoms with Crippen molar-refractivity contribution in [2.75, 3.05) is 38.5 Å². The van der Waals surface area contributed by atoms with Gasteiger partial charge < -0.3 is 47.4 Å². The Morgan fingerprint density at radius 3 is 1.05 bits per heavy atom. The number of carbonyl (C=O) groups excluding carboxylic acids is 3. The summed E-state index contributed by atoms with van der Waals surface area (Å²) < 4.78 is 16.0. The van der Waals surface area contributed by atoms with Gasteiger partial charge in [0.2, 0.25) is 0 Å². The van der Waals surface area contributed by atoms with Gasteiger partial charge in [-0.3, -0.25) is 14.4 Å². The fourth-order valence-corrected chi connectivity index (χ4v) is 5.17. The summed E-state index contributed by atoms with van der Waals surface area (Å²) in [7, 11) is 4.40. The lowest BCUT2D eigenvalue weighted by atomic mass is 9.86. The van der Waals surface area contributed by atoms with E-state index in [2.05, 4.69) is 16.0 Å². The summed E-state index contributed by atoms with van der Waals surface area (Å²) in [6.07, 6.45) is 1.21. The van der Waals surface area contributed by atoms with Gasteiger partial charge in [-0.15, -0.1) is 0 Å². The van der Waals surface area contributed by atoms with Crippen LogP contribution in [0.4, 0.5) is 17.1 Å². The molecule has 3 amide bonds. The van der Waals surface area contributed by atoms with Crippen LogP contribution in [0.5, 0.6) is 17.2 Å². The molecule has 12 heteroatoms. The van der Waals surface area contributed by atoms with Crippen molar-refractivity contribution in [1.82, 2.24) is 16.0 Å². The molecule has 0 radical (unpaired) electrons. The van der Waals surface area contributed by atoms with Crippen LogP contribution >= 0.6 is 0 Å². The zero-order chi connectivity index (χ0) is 30.4. The number of benzene rings is 3. The minimum atomic E-state index is -0.418. The molecule has 1 fully saturated rings. The Hall–Kier alpha value is -5.13. The van der Waals surface area contributed by atoms with E-state index >= 15 is 0 Å². The van der Waals surface area contributed by atoms with Crippen LogP contribution in [-0.4, -0.2) is 57.2 Å². The largest absolute Gasteiger partial charge is 0.496 e. The molecule has 1 aliphatic rings. The van der Waals surface area contributed by atoms with Crippen LogP contribution in [0.25, 0.3) is 0 Å². The second kappa shape index (κ2) is 13.0. The van der Waals surface area contributed by atoms with Crippen molar-refractivity contribution in [3.05, 3.63) is 71.3 Å². The van der Waals surface area contributed by atoms with Crippen molar-refractivity contribution in [1.29, 1.82) is 0 Å².